The van der Waals surface area contributed by atoms with E-state index in [-0.39, 0.29) is 11.8 Å². The van der Waals surface area contributed by atoms with Gasteiger partial charge in [0.15, 0.2) is 0 Å². The molecule has 1 amide bonds. The molecule has 0 unspecified atom stereocenters. The first kappa shape index (κ1) is 15.3. The summed E-state index contributed by atoms with van der Waals surface area (Å²) in [5.41, 5.74) is 0.397. The van der Waals surface area contributed by atoms with Crippen LogP contribution in [-0.2, 0) is 11.0 Å². The minimum atomic E-state index is -4.35. The van der Waals surface area contributed by atoms with Crippen molar-refractivity contribution < 1.29 is 18.0 Å². The van der Waals surface area contributed by atoms with Gasteiger partial charge >= 0.3 is 6.18 Å². The normalized spacial score (nSPS) is 14.4. The first-order valence-electron chi connectivity index (χ1n) is 7.13. The molecule has 4 nitrogen and oxygen atoms in total. The van der Waals surface area contributed by atoms with Crippen molar-refractivity contribution in [1.29, 1.82) is 0 Å². The quantitative estimate of drug-likeness (QED) is 0.887. The number of carbonyl (C=O) groups is 1. The molecular formula is C16H14F3N3O. The van der Waals surface area contributed by atoms with Crippen LogP contribution in [0.2, 0.25) is 0 Å². The van der Waals surface area contributed by atoms with Crippen LogP contribution in [-0.4, -0.2) is 10.9 Å². The summed E-state index contributed by atoms with van der Waals surface area (Å²) in [6, 6.07) is 8.04. The number of halogens is 3. The summed E-state index contributed by atoms with van der Waals surface area (Å²) >= 11 is 0. The summed E-state index contributed by atoms with van der Waals surface area (Å²) in [7, 11) is 0. The van der Waals surface area contributed by atoms with E-state index < -0.39 is 11.7 Å². The third-order valence-electron chi connectivity index (χ3n) is 3.46. The van der Waals surface area contributed by atoms with Gasteiger partial charge in [-0.15, -0.1) is 0 Å². The van der Waals surface area contributed by atoms with Crippen molar-refractivity contribution in [2.45, 2.75) is 19.0 Å². The number of benzene rings is 1. The van der Waals surface area contributed by atoms with Gasteiger partial charge in [-0.1, -0.05) is 0 Å². The number of rotatable bonds is 4. The largest absolute Gasteiger partial charge is 0.416 e. The van der Waals surface area contributed by atoms with Gasteiger partial charge < -0.3 is 10.6 Å². The van der Waals surface area contributed by atoms with Gasteiger partial charge in [-0.3, -0.25) is 4.79 Å². The molecule has 1 aromatic carbocycles. The smallest absolute Gasteiger partial charge is 0.340 e. The molecule has 3 rings (SSSR count). The zero-order chi connectivity index (χ0) is 16.4. The van der Waals surface area contributed by atoms with E-state index in [0.29, 0.717) is 17.2 Å². The van der Waals surface area contributed by atoms with E-state index in [1.54, 1.807) is 12.1 Å². The fraction of sp³-hybridized carbons (Fsp3) is 0.250. The average Bonchev–Trinajstić information content (AvgIpc) is 3.34. The molecule has 7 heteroatoms. The molecule has 1 saturated carbocycles. The van der Waals surface area contributed by atoms with Crippen molar-refractivity contribution >= 4 is 23.1 Å². The van der Waals surface area contributed by atoms with E-state index in [9.17, 15) is 18.0 Å². The summed E-state index contributed by atoms with van der Waals surface area (Å²) in [6.07, 6.45) is -0.996. The van der Waals surface area contributed by atoms with Crippen molar-refractivity contribution in [3.63, 3.8) is 0 Å². The highest BCUT2D eigenvalue weighted by Gasteiger charge is 2.30. The van der Waals surface area contributed by atoms with Gasteiger partial charge in [0.05, 0.1) is 17.4 Å². The van der Waals surface area contributed by atoms with Gasteiger partial charge in [-0.05, 0) is 49.2 Å². The Morgan fingerprint density at radius 2 is 1.70 bits per heavy atom. The Morgan fingerprint density at radius 3 is 2.22 bits per heavy atom. The Bertz CT molecular complexity index is 692. The maximum absolute atomic E-state index is 12.5. The van der Waals surface area contributed by atoms with Crippen molar-refractivity contribution in [1.82, 2.24) is 4.98 Å². The van der Waals surface area contributed by atoms with E-state index in [2.05, 4.69) is 15.6 Å². The fourth-order valence-electron chi connectivity index (χ4n) is 2.02. The predicted octanol–water partition coefficient (Wildman–Crippen LogP) is 4.19. The lowest BCUT2D eigenvalue weighted by molar-refractivity contribution is -0.137. The molecule has 1 heterocycles. The van der Waals surface area contributed by atoms with Crippen LogP contribution in [0, 0.1) is 5.92 Å². The Kier molecular flexibility index (Phi) is 3.94. The van der Waals surface area contributed by atoms with Crippen molar-refractivity contribution in [3.8, 4) is 0 Å². The molecule has 1 aliphatic rings. The number of amides is 1. The lowest BCUT2D eigenvalue weighted by Crippen LogP contribution is -2.13. The van der Waals surface area contributed by atoms with Gasteiger partial charge in [0.2, 0.25) is 5.91 Å². The zero-order valence-electron chi connectivity index (χ0n) is 12.0. The van der Waals surface area contributed by atoms with Crippen LogP contribution < -0.4 is 10.6 Å². The van der Waals surface area contributed by atoms with E-state index >= 15 is 0 Å². The van der Waals surface area contributed by atoms with Gasteiger partial charge in [0, 0.05) is 11.6 Å². The van der Waals surface area contributed by atoms with Gasteiger partial charge in [-0.25, -0.2) is 4.98 Å². The number of hydrogen-bond acceptors (Lipinski definition) is 3. The number of aromatic nitrogens is 1. The topological polar surface area (TPSA) is 54.0 Å². The Hall–Kier alpha value is -2.57. The van der Waals surface area contributed by atoms with Crippen molar-refractivity contribution in [2.75, 3.05) is 10.6 Å². The minimum absolute atomic E-state index is 0.00440. The summed E-state index contributed by atoms with van der Waals surface area (Å²) in [5.74, 6) is 0.587. The standard InChI is InChI=1S/C16H14F3N3O/c17-16(18,19)11-3-5-12(6-4-11)21-14-8-7-13(9-20-14)22-15(23)10-1-2-10/h3-10H,1-2H2,(H,20,21)(H,22,23). The fourth-order valence-corrected chi connectivity index (χ4v) is 2.02. The lowest BCUT2D eigenvalue weighted by Gasteiger charge is -2.10. The third-order valence-corrected chi connectivity index (χ3v) is 3.46. The van der Waals surface area contributed by atoms with Crippen LogP contribution in [0.15, 0.2) is 42.6 Å². The van der Waals surface area contributed by atoms with Gasteiger partial charge in [0.1, 0.15) is 5.82 Å². The highest BCUT2D eigenvalue weighted by Crippen LogP contribution is 2.31. The van der Waals surface area contributed by atoms with E-state index in [1.807, 2.05) is 0 Å². The summed E-state index contributed by atoms with van der Waals surface area (Å²) in [5, 5.41) is 5.67. The van der Waals surface area contributed by atoms with Crippen LogP contribution in [0.1, 0.15) is 18.4 Å². The molecule has 1 fully saturated rings. The van der Waals surface area contributed by atoms with Crippen LogP contribution in [0.25, 0.3) is 0 Å². The molecule has 120 valence electrons. The van der Waals surface area contributed by atoms with Crippen molar-refractivity contribution in [2.24, 2.45) is 5.92 Å². The number of nitrogens with one attached hydrogen (secondary N) is 2. The number of nitrogens with zero attached hydrogens (tertiary/aromatic N) is 1. The zero-order valence-corrected chi connectivity index (χ0v) is 12.0. The molecule has 23 heavy (non-hydrogen) atoms. The third kappa shape index (κ3) is 4.00. The SMILES string of the molecule is O=C(Nc1ccc(Nc2ccc(C(F)(F)F)cc2)nc1)C1CC1. The maximum atomic E-state index is 12.5. The number of carbonyl (C=O) groups excluding carboxylic acids is 1. The molecule has 1 aromatic heterocycles. The van der Waals surface area contributed by atoms with Gasteiger partial charge in [-0.2, -0.15) is 13.2 Å². The minimum Gasteiger partial charge on any atom is -0.340 e. The second-order valence-electron chi connectivity index (χ2n) is 5.40. The molecule has 2 aromatic rings. The van der Waals surface area contributed by atoms with Crippen molar-refractivity contribution in [3.05, 3.63) is 48.2 Å². The Morgan fingerprint density at radius 1 is 1.04 bits per heavy atom. The molecule has 1 aliphatic carbocycles. The summed E-state index contributed by atoms with van der Waals surface area (Å²) < 4.78 is 37.5. The Labute approximate surface area is 130 Å². The number of hydrogen-bond donors (Lipinski definition) is 2. The lowest BCUT2D eigenvalue weighted by atomic mass is 10.2. The van der Waals surface area contributed by atoms with E-state index in [4.69, 9.17) is 0 Å². The van der Waals surface area contributed by atoms with Crippen LogP contribution in [0.3, 0.4) is 0 Å². The number of pyridine rings is 1. The second-order valence-corrected chi connectivity index (χ2v) is 5.40. The molecule has 0 radical (unpaired) electrons. The average molecular weight is 321 g/mol. The van der Waals surface area contributed by atoms with Crippen LogP contribution >= 0.6 is 0 Å². The second kappa shape index (κ2) is 5.91. The molecule has 0 saturated heterocycles. The molecule has 0 aliphatic heterocycles. The Balaban J connectivity index is 1.62. The molecular weight excluding hydrogens is 307 g/mol. The van der Waals surface area contributed by atoms with Crippen LogP contribution in [0.4, 0.5) is 30.4 Å². The number of anilines is 3. The molecule has 0 bridgehead atoms. The van der Waals surface area contributed by atoms with Crippen LogP contribution in [0.5, 0.6) is 0 Å². The molecule has 2 N–H and O–H groups in total. The predicted molar refractivity (Wildman–Crippen MR) is 80.3 cm³/mol. The summed E-state index contributed by atoms with van der Waals surface area (Å²) in [6.45, 7) is 0. The molecule has 0 spiro atoms. The van der Waals surface area contributed by atoms with E-state index in [1.165, 1.54) is 18.3 Å². The monoisotopic (exact) mass is 321 g/mol. The first-order valence-corrected chi connectivity index (χ1v) is 7.13. The highest BCUT2D eigenvalue weighted by molar-refractivity contribution is 5.93. The first-order chi connectivity index (χ1) is 10.9. The maximum Gasteiger partial charge on any atom is 0.416 e. The van der Waals surface area contributed by atoms with E-state index in [0.717, 1.165) is 25.0 Å². The van der Waals surface area contributed by atoms with Gasteiger partial charge in [0.25, 0.3) is 0 Å². The highest BCUT2D eigenvalue weighted by atomic mass is 19.4. The number of alkyl halides is 3. The molecule has 0 atom stereocenters. The summed E-state index contributed by atoms with van der Waals surface area (Å²) in [4.78, 5) is 15.7.